The maximum Gasteiger partial charge on any atom is 0.119 e. The van der Waals surface area contributed by atoms with E-state index in [-0.39, 0.29) is 6.04 Å². The van der Waals surface area contributed by atoms with Crippen LogP contribution in [0.25, 0.3) is 0 Å². The van der Waals surface area contributed by atoms with Crippen LogP contribution in [-0.2, 0) is 0 Å². The van der Waals surface area contributed by atoms with Crippen LogP contribution < -0.4 is 10.1 Å². The zero-order valence-electron chi connectivity index (χ0n) is 11.8. The molecule has 1 saturated carbocycles. The third kappa shape index (κ3) is 3.52. The first kappa shape index (κ1) is 14.7. The molecule has 110 valence electrons. The van der Waals surface area contributed by atoms with Crippen LogP contribution in [0.5, 0.6) is 5.75 Å². The van der Waals surface area contributed by atoms with Crippen molar-refractivity contribution in [2.75, 3.05) is 7.05 Å². The summed E-state index contributed by atoms with van der Waals surface area (Å²) in [6, 6.07) is 14.0. The first-order valence-corrected chi connectivity index (χ1v) is 7.82. The van der Waals surface area contributed by atoms with Crippen molar-refractivity contribution in [2.45, 2.75) is 25.0 Å². The van der Waals surface area contributed by atoms with Crippen molar-refractivity contribution in [3.63, 3.8) is 0 Å². The molecule has 0 spiro atoms. The molecule has 1 N–H and O–H groups in total. The lowest BCUT2D eigenvalue weighted by molar-refractivity contribution is 0.303. The van der Waals surface area contributed by atoms with Crippen LogP contribution in [0.4, 0.5) is 0 Å². The molecule has 0 saturated heterocycles. The molecule has 1 fully saturated rings. The average molecular weight is 322 g/mol. The van der Waals surface area contributed by atoms with Gasteiger partial charge in [-0.15, -0.1) is 0 Å². The fourth-order valence-electron chi connectivity index (χ4n) is 2.33. The maximum absolute atomic E-state index is 6.11. The Morgan fingerprint density at radius 3 is 2.24 bits per heavy atom. The predicted molar refractivity (Wildman–Crippen MR) is 87.5 cm³/mol. The van der Waals surface area contributed by atoms with E-state index < -0.39 is 0 Å². The summed E-state index contributed by atoms with van der Waals surface area (Å²) in [4.78, 5) is 0. The van der Waals surface area contributed by atoms with Crippen molar-refractivity contribution in [3.8, 4) is 5.75 Å². The van der Waals surface area contributed by atoms with Gasteiger partial charge in [0, 0.05) is 0 Å². The molecule has 21 heavy (non-hydrogen) atoms. The Kier molecular flexibility index (Phi) is 4.39. The van der Waals surface area contributed by atoms with Gasteiger partial charge in [0.25, 0.3) is 0 Å². The Hall–Kier alpha value is -1.22. The zero-order chi connectivity index (χ0) is 14.8. The number of rotatable bonds is 5. The van der Waals surface area contributed by atoms with E-state index in [1.54, 1.807) is 0 Å². The normalized spacial score (nSPS) is 15.8. The van der Waals surface area contributed by atoms with Gasteiger partial charge in [-0.2, -0.15) is 0 Å². The molecule has 1 atom stereocenters. The summed E-state index contributed by atoms with van der Waals surface area (Å²) < 4.78 is 5.78. The van der Waals surface area contributed by atoms with Crippen molar-refractivity contribution in [2.24, 2.45) is 0 Å². The van der Waals surface area contributed by atoms with Gasteiger partial charge in [0.15, 0.2) is 0 Å². The summed E-state index contributed by atoms with van der Waals surface area (Å²) in [6.45, 7) is 0. The van der Waals surface area contributed by atoms with Crippen LogP contribution >= 0.6 is 23.2 Å². The second kappa shape index (κ2) is 6.27. The van der Waals surface area contributed by atoms with Gasteiger partial charge >= 0.3 is 0 Å². The van der Waals surface area contributed by atoms with Gasteiger partial charge < -0.3 is 10.1 Å². The predicted octanol–water partition coefficient (Wildman–Crippen LogP) is 4.84. The standard InChI is InChI=1S/C17H17Cl2NO/c1-20-17(12-4-9-15(18)16(19)10-12)11-2-5-13(6-3-11)21-14-7-8-14/h2-6,9-10,14,17,20H,7-8H2,1H3. The van der Waals surface area contributed by atoms with E-state index in [1.807, 2.05) is 37.4 Å². The van der Waals surface area contributed by atoms with Gasteiger partial charge in [-0.1, -0.05) is 41.4 Å². The maximum atomic E-state index is 6.11. The van der Waals surface area contributed by atoms with E-state index in [1.165, 1.54) is 18.4 Å². The summed E-state index contributed by atoms with van der Waals surface area (Å²) in [7, 11) is 1.93. The average Bonchev–Trinajstić information content (AvgIpc) is 3.29. The first-order chi connectivity index (χ1) is 10.2. The van der Waals surface area contributed by atoms with Crippen molar-refractivity contribution in [3.05, 3.63) is 63.6 Å². The third-order valence-electron chi connectivity index (χ3n) is 3.61. The summed E-state index contributed by atoms with van der Waals surface area (Å²) in [5, 5.41) is 4.46. The molecule has 0 heterocycles. The molecular weight excluding hydrogens is 305 g/mol. The second-order valence-electron chi connectivity index (χ2n) is 5.28. The number of hydrogen-bond donors (Lipinski definition) is 1. The second-order valence-corrected chi connectivity index (χ2v) is 6.10. The van der Waals surface area contributed by atoms with Crippen LogP contribution in [0.1, 0.15) is 30.0 Å². The van der Waals surface area contributed by atoms with E-state index in [0.29, 0.717) is 16.1 Å². The molecular formula is C17H17Cl2NO. The van der Waals surface area contributed by atoms with Gasteiger partial charge in [-0.05, 0) is 55.3 Å². The lowest BCUT2D eigenvalue weighted by Gasteiger charge is -2.18. The number of hydrogen-bond acceptors (Lipinski definition) is 2. The quantitative estimate of drug-likeness (QED) is 0.850. The van der Waals surface area contributed by atoms with E-state index in [2.05, 4.69) is 17.4 Å². The number of benzene rings is 2. The van der Waals surface area contributed by atoms with Gasteiger partial charge in [-0.3, -0.25) is 0 Å². The summed E-state index contributed by atoms with van der Waals surface area (Å²) in [6.07, 6.45) is 2.76. The van der Waals surface area contributed by atoms with E-state index in [0.717, 1.165) is 11.3 Å². The topological polar surface area (TPSA) is 21.3 Å². The SMILES string of the molecule is CNC(c1ccc(OC2CC2)cc1)c1ccc(Cl)c(Cl)c1. The highest BCUT2D eigenvalue weighted by atomic mass is 35.5. The highest BCUT2D eigenvalue weighted by molar-refractivity contribution is 6.42. The van der Waals surface area contributed by atoms with Gasteiger partial charge in [0.05, 0.1) is 22.2 Å². The van der Waals surface area contributed by atoms with Crippen LogP contribution in [0.2, 0.25) is 10.0 Å². The lowest BCUT2D eigenvalue weighted by atomic mass is 9.99. The molecule has 1 unspecified atom stereocenters. The summed E-state index contributed by atoms with van der Waals surface area (Å²) in [5.41, 5.74) is 2.25. The molecule has 4 heteroatoms. The molecule has 0 aliphatic heterocycles. The molecule has 0 amide bonds. The Bertz CT molecular complexity index is 623. The van der Waals surface area contributed by atoms with Crippen LogP contribution in [0.15, 0.2) is 42.5 Å². The number of nitrogens with one attached hydrogen (secondary N) is 1. The lowest BCUT2D eigenvalue weighted by Crippen LogP contribution is -2.17. The molecule has 1 aliphatic carbocycles. The van der Waals surface area contributed by atoms with Crippen LogP contribution in [0.3, 0.4) is 0 Å². The Morgan fingerprint density at radius 1 is 1.00 bits per heavy atom. The molecule has 2 nitrogen and oxygen atoms in total. The van der Waals surface area contributed by atoms with Gasteiger partial charge in [-0.25, -0.2) is 0 Å². The molecule has 0 aromatic heterocycles. The fourth-order valence-corrected chi connectivity index (χ4v) is 2.64. The molecule has 2 aromatic carbocycles. The van der Waals surface area contributed by atoms with E-state index in [4.69, 9.17) is 27.9 Å². The molecule has 0 radical (unpaired) electrons. The van der Waals surface area contributed by atoms with E-state index >= 15 is 0 Å². The van der Waals surface area contributed by atoms with E-state index in [9.17, 15) is 0 Å². The Balaban J connectivity index is 1.82. The summed E-state index contributed by atoms with van der Waals surface area (Å²) in [5.74, 6) is 0.935. The van der Waals surface area contributed by atoms with Gasteiger partial charge in [0.2, 0.25) is 0 Å². The monoisotopic (exact) mass is 321 g/mol. The molecule has 1 aliphatic rings. The van der Waals surface area contributed by atoms with Gasteiger partial charge in [0.1, 0.15) is 5.75 Å². The minimum atomic E-state index is 0.0785. The van der Waals surface area contributed by atoms with Crippen molar-refractivity contribution < 1.29 is 4.74 Å². The third-order valence-corrected chi connectivity index (χ3v) is 4.35. The smallest absolute Gasteiger partial charge is 0.119 e. The minimum absolute atomic E-state index is 0.0785. The largest absolute Gasteiger partial charge is 0.490 e. The van der Waals surface area contributed by atoms with Crippen molar-refractivity contribution in [1.82, 2.24) is 5.32 Å². The molecule has 3 rings (SSSR count). The Morgan fingerprint density at radius 2 is 1.67 bits per heavy atom. The minimum Gasteiger partial charge on any atom is -0.490 e. The highest BCUT2D eigenvalue weighted by Crippen LogP contribution is 2.31. The first-order valence-electron chi connectivity index (χ1n) is 7.06. The number of halogens is 2. The van der Waals surface area contributed by atoms with Crippen molar-refractivity contribution >= 4 is 23.2 Å². The highest BCUT2D eigenvalue weighted by Gasteiger charge is 2.23. The summed E-state index contributed by atoms with van der Waals surface area (Å²) >= 11 is 12.1. The molecule has 0 bridgehead atoms. The molecule has 2 aromatic rings. The van der Waals surface area contributed by atoms with Crippen LogP contribution in [0, 0.1) is 0 Å². The van der Waals surface area contributed by atoms with Crippen LogP contribution in [-0.4, -0.2) is 13.2 Å². The fraction of sp³-hybridized carbons (Fsp3) is 0.294. The zero-order valence-corrected chi connectivity index (χ0v) is 13.3. The Labute approximate surface area is 135 Å². The van der Waals surface area contributed by atoms with Crippen molar-refractivity contribution in [1.29, 1.82) is 0 Å². The number of ether oxygens (including phenoxy) is 1.